The highest BCUT2D eigenvalue weighted by Gasteiger charge is 2.18. The minimum atomic E-state index is -0.641. The summed E-state index contributed by atoms with van der Waals surface area (Å²) in [6, 6.07) is 15.8. The van der Waals surface area contributed by atoms with E-state index in [0.29, 0.717) is 6.54 Å². The minimum Gasteiger partial charge on any atom is -0.384 e. The molecule has 102 valence electrons. The third-order valence-electron chi connectivity index (χ3n) is 3.72. The lowest BCUT2D eigenvalue weighted by atomic mass is 9.97. The number of rotatable bonds is 3. The van der Waals surface area contributed by atoms with E-state index in [1.807, 2.05) is 55.5 Å². The van der Waals surface area contributed by atoms with Gasteiger partial charge in [-0.15, -0.1) is 0 Å². The average Bonchev–Trinajstić information content (AvgIpc) is 2.82. The van der Waals surface area contributed by atoms with Crippen molar-refractivity contribution >= 4 is 10.9 Å². The summed E-state index contributed by atoms with van der Waals surface area (Å²) in [5, 5.41) is 11.8. The van der Waals surface area contributed by atoms with Gasteiger partial charge < -0.3 is 15.8 Å². The van der Waals surface area contributed by atoms with Crippen molar-refractivity contribution in [2.75, 3.05) is 0 Å². The van der Waals surface area contributed by atoms with Crippen LogP contribution >= 0.6 is 0 Å². The Labute approximate surface area is 118 Å². The molecule has 0 aliphatic heterocycles. The average molecular weight is 266 g/mol. The predicted molar refractivity (Wildman–Crippen MR) is 81.4 cm³/mol. The van der Waals surface area contributed by atoms with E-state index in [1.165, 1.54) is 0 Å². The summed E-state index contributed by atoms with van der Waals surface area (Å²) in [5.74, 6) is 0. The van der Waals surface area contributed by atoms with Gasteiger partial charge in [-0.2, -0.15) is 0 Å². The summed E-state index contributed by atoms with van der Waals surface area (Å²) in [7, 11) is 0. The van der Waals surface area contributed by atoms with Crippen molar-refractivity contribution in [3.63, 3.8) is 0 Å². The van der Waals surface area contributed by atoms with E-state index in [0.717, 1.165) is 33.3 Å². The normalized spacial score (nSPS) is 12.8. The SMILES string of the molecule is Cc1[nH]c2ccccc2c1C(O)c1cccc(CN)c1. The first kappa shape index (κ1) is 12.9. The number of aromatic amines is 1. The number of aromatic nitrogens is 1. The van der Waals surface area contributed by atoms with Crippen molar-refractivity contribution in [1.82, 2.24) is 4.98 Å². The molecule has 2 aromatic carbocycles. The van der Waals surface area contributed by atoms with E-state index in [2.05, 4.69) is 4.98 Å². The van der Waals surface area contributed by atoms with Crippen LogP contribution in [-0.4, -0.2) is 10.1 Å². The van der Waals surface area contributed by atoms with E-state index >= 15 is 0 Å². The maximum atomic E-state index is 10.7. The first-order valence-corrected chi connectivity index (χ1v) is 6.75. The predicted octanol–water partition coefficient (Wildman–Crippen LogP) is 3.02. The molecule has 0 radical (unpaired) electrons. The van der Waals surface area contributed by atoms with Crippen LogP contribution in [0.15, 0.2) is 48.5 Å². The number of aryl methyl sites for hydroxylation is 1. The van der Waals surface area contributed by atoms with Gasteiger partial charge in [-0.3, -0.25) is 0 Å². The Morgan fingerprint density at radius 3 is 2.75 bits per heavy atom. The van der Waals surface area contributed by atoms with Crippen LogP contribution in [0.4, 0.5) is 0 Å². The molecule has 1 aromatic heterocycles. The molecule has 0 saturated carbocycles. The molecule has 0 bridgehead atoms. The van der Waals surface area contributed by atoms with Crippen LogP contribution in [0.3, 0.4) is 0 Å². The van der Waals surface area contributed by atoms with Gasteiger partial charge in [-0.05, 0) is 24.1 Å². The molecule has 3 heteroatoms. The Hall–Kier alpha value is -2.10. The molecule has 1 heterocycles. The third-order valence-corrected chi connectivity index (χ3v) is 3.72. The van der Waals surface area contributed by atoms with Crippen LogP contribution in [0.2, 0.25) is 0 Å². The summed E-state index contributed by atoms with van der Waals surface area (Å²) < 4.78 is 0. The van der Waals surface area contributed by atoms with E-state index in [9.17, 15) is 5.11 Å². The molecular formula is C17H18N2O. The van der Waals surface area contributed by atoms with Crippen LogP contribution in [0.25, 0.3) is 10.9 Å². The molecule has 3 nitrogen and oxygen atoms in total. The summed E-state index contributed by atoms with van der Waals surface area (Å²) in [6.45, 7) is 2.47. The highest BCUT2D eigenvalue weighted by molar-refractivity contribution is 5.85. The zero-order valence-electron chi connectivity index (χ0n) is 11.4. The zero-order chi connectivity index (χ0) is 14.1. The van der Waals surface area contributed by atoms with Crippen molar-refractivity contribution < 1.29 is 5.11 Å². The molecule has 3 rings (SSSR count). The van der Waals surface area contributed by atoms with Gasteiger partial charge in [0.25, 0.3) is 0 Å². The van der Waals surface area contributed by atoms with Crippen molar-refractivity contribution in [1.29, 1.82) is 0 Å². The largest absolute Gasteiger partial charge is 0.384 e. The fourth-order valence-corrected chi connectivity index (χ4v) is 2.71. The number of nitrogens with two attached hydrogens (primary N) is 1. The van der Waals surface area contributed by atoms with Crippen LogP contribution < -0.4 is 5.73 Å². The fourth-order valence-electron chi connectivity index (χ4n) is 2.71. The van der Waals surface area contributed by atoms with Crippen molar-refractivity contribution in [3.8, 4) is 0 Å². The maximum absolute atomic E-state index is 10.7. The molecule has 3 aromatic rings. The Bertz CT molecular complexity index is 746. The Kier molecular flexibility index (Phi) is 3.30. The molecule has 0 fully saturated rings. The lowest BCUT2D eigenvalue weighted by molar-refractivity contribution is 0.221. The molecule has 1 unspecified atom stereocenters. The van der Waals surface area contributed by atoms with Gasteiger partial charge in [0.1, 0.15) is 6.10 Å². The van der Waals surface area contributed by atoms with Gasteiger partial charge >= 0.3 is 0 Å². The maximum Gasteiger partial charge on any atom is 0.106 e. The smallest absolute Gasteiger partial charge is 0.106 e. The van der Waals surface area contributed by atoms with Crippen LogP contribution in [0.5, 0.6) is 0 Å². The number of hydrogen-bond donors (Lipinski definition) is 3. The van der Waals surface area contributed by atoms with Gasteiger partial charge in [-0.1, -0.05) is 42.5 Å². The Morgan fingerprint density at radius 2 is 1.95 bits per heavy atom. The molecular weight excluding hydrogens is 248 g/mol. The standard InChI is InChI=1S/C17H18N2O/c1-11-16(14-7-2-3-8-15(14)19-11)17(20)13-6-4-5-12(9-13)10-18/h2-9,17,19-20H,10,18H2,1H3. The third kappa shape index (κ3) is 2.11. The van der Waals surface area contributed by atoms with Crippen LogP contribution in [0.1, 0.15) is 28.5 Å². The number of nitrogens with one attached hydrogen (secondary N) is 1. The number of benzene rings is 2. The van der Waals surface area contributed by atoms with Gasteiger partial charge in [0.15, 0.2) is 0 Å². The van der Waals surface area contributed by atoms with Crippen molar-refractivity contribution in [3.05, 3.63) is 70.9 Å². The topological polar surface area (TPSA) is 62.0 Å². The number of aliphatic hydroxyl groups is 1. The first-order chi connectivity index (χ1) is 9.70. The first-order valence-electron chi connectivity index (χ1n) is 6.75. The quantitative estimate of drug-likeness (QED) is 0.682. The van der Waals surface area contributed by atoms with Crippen molar-refractivity contribution in [2.24, 2.45) is 5.73 Å². The summed E-state index contributed by atoms with van der Waals surface area (Å²) in [4.78, 5) is 3.32. The lowest BCUT2D eigenvalue weighted by Crippen LogP contribution is -2.03. The highest BCUT2D eigenvalue weighted by atomic mass is 16.3. The Morgan fingerprint density at radius 1 is 1.15 bits per heavy atom. The van der Waals surface area contributed by atoms with E-state index in [4.69, 9.17) is 5.73 Å². The second-order valence-electron chi connectivity index (χ2n) is 5.06. The summed E-state index contributed by atoms with van der Waals surface area (Å²) >= 11 is 0. The second-order valence-corrected chi connectivity index (χ2v) is 5.06. The molecule has 0 amide bonds. The van der Waals surface area contributed by atoms with Gasteiger partial charge in [0.2, 0.25) is 0 Å². The molecule has 0 aliphatic carbocycles. The minimum absolute atomic E-state index is 0.480. The second kappa shape index (κ2) is 5.12. The molecule has 0 spiro atoms. The number of fused-ring (bicyclic) bond motifs is 1. The number of aliphatic hydroxyl groups excluding tert-OH is 1. The number of H-pyrrole nitrogens is 1. The van der Waals surface area contributed by atoms with Crippen molar-refractivity contribution in [2.45, 2.75) is 19.6 Å². The van der Waals surface area contributed by atoms with Gasteiger partial charge in [0.05, 0.1) is 0 Å². The molecule has 0 saturated heterocycles. The van der Waals surface area contributed by atoms with E-state index in [1.54, 1.807) is 0 Å². The van der Waals surface area contributed by atoms with Crippen LogP contribution in [0, 0.1) is 6.92 Å². The Balaban J connectivity index is 2.12. The monoisotopic (exact) mass is 266 g/mol. The van der Waals surface area contributed by atoms with Gasteiger partial charge in [0, 0.05) is 28.7 Å². The highest BCUT2D eigenvalue weighted by Crippen LogP contribution is 2.31. The lowest BCUT2D eigenvalue weighted by Gasteiger charge is -2.13. The van der Waals surface area contributed by atoms with Crippen LogP contribution in [-0.2, 0) is 6.54 Å². The van der Waals surface area contributed by atoms with Gasteiger partial charge in [-0.25, -0.2) is 0 Å². The molecule has 1 atom stereocenters. The molecule has 0 aliphatic rings. The zero-order valence-corrected chi connectivity index (χ0v) is 11.4. The molecule has 4 N–H and O–H groups in total. The number of hydrogen-bond acceptors (Lipinski definition) is 2. The summed E-state index contributed by atoms with van der Waals surface area (Å²) in [5.41, 5.74) is 10.6. The van der Waals surface area contributed by atoms with E-state index < -0.39 is 6.10 Å². The van der Waals surface area contributed by atoms with E-state index in [-0.39, 0.29) is 0 Å². The molecule has 20 heavy (non-hydrogen) atoms. The fraction of sp³-hybridized carbons (Fsp3) is 0.176. The number of para-hydroxylation sites is 1. The summed E-state index contributed by atoms with van der Waals surface area (Å²) in [6.07, 6.45) is -0.641.